The van der Waals surface area contributed by atoms with Crippen LogP contribution in [0, 0.1) is 0 Å². The van der Waals surface area contributed by atoms with E-state index in [4.69, 9.17) is 0 Å². The number of carbonyl (C=O) groups excluding carboxylic acids is 2. The topological polar surface area (TPSA) is 118 Å². The van der Waals surface area contributed by atoms with Crippen molar-refractivity contribution in [1.29, 1.82) is 0 Å². The zero-order valence-corrected chi connectivity index (χ0v) is 12.9. The Balaban J connectivity index is 2.23. The van der Waals surface area contributed by atoms with E-state index in [1.807, 2.05) is 0 Å². The molecule has 2 aromatic carbocycles. The quantitative estimate of drug-likeness (QED) is 0.607. The summed E-state index contributed by atoms with van der Waals surface area (Å²) in [5, 5.41) is 18.5. The number of rotatable bonds is 6. The van der Waals surface area contributed by atoms with Crippen molar-refractivity contribution in [3.63, 3.8) is 0 Å². The van der Waals surface area contributed by atoms with Crippen LogP contribution in [0.5, 0.6) is 0 Å². The molecule has 25 heavy (non-hydrogen) atoms. The second kappa shape index (κ2) is 7.87. The predicted octanol–water partition coefficient (Wildman–Crippen LogP) is 1.79. The molecular weight excluding hydrogens is 328 g/mol. The van der Waals surface area contributed by atoms with E-state index < -0.39 is 35.7 Å². The number of hydrogen-bond donors (Lipinski definition) is 2. The van der Waals surface area contributed by atoms with Crippen molar-refractivity contribution in [1.82, 2.24) is 0 Å². The molecule has 7 nitrogen and oxygen atoms in total. The van der Waals surface area contributed by atoms with Crippen molar-refractivity contribution in [3.8, 4) is 0 Å². The van der Waals surface area contributed by atoms with E-state index in [-0.39, 0.29) is 11.1 Å². The van der Waals surface area contributed by atoms with Gasteiger partial charge in [-0.15, -0.1) is 0 Å². The van der Waals surface area contributed by atoms with E-state index in [2.05, 4.69) is 4.74 Å². The van der Waals surface area contributed by atoms with Gasteiger partial charge in [0, 0.05) is 0 Å². The number of carbonyl (C=O) groups is 4. The van der Waals surface area contributed by atoms with Gasteiger partial charge in [0.1, 0.15) is 0 Å². The van der Waals surface area contributed by atoms with E-state index in [9.17, 15) is 29.4 Å². The molecule has 0 aromatic heterocycles. The molecule has 0 saturated heterocycles. The molecule has 0 bridgehead atoms. The summed E-state index contributed by atoms with van der Waals surface area (Å²) >= 11 is 0. The number of esters is 2. The summed E-state index contributed by atoms with van der Waals surface area (Å²) in [6.07, 6.45) is 0. The minimum Gasteiger partial charge on any atom is -0.480 e. The van der Waals surface area contributed by atoms with Crippen LogP contribution in [-0.4, -0.2) is 34.1 Å². The number of ether oxygens (including phenoxy) is 1. The summed E-state index contributed by atoms with van der Waals surface area (Å²) in [7, 11) is 0. The first kappa shape index (κ1) is 17.9. The molecule has 0 spiro atoms. The minimum atomic E-state index is -1.73. The maximum atomic E-state index is 12.1. The Kier molecular flexibility index (Phi) is 5.62. The third-order valence-corrected chi connectivity index (χ3v) is 3.43. The highest BCUT2D eigenvalue weighted by molar-refractivity contribution is 6.08. The molecule has 2 aromatic rings. The Hall–Kier alpha value is -3.48. The van der Waals surface area contributed by atoms with E-state index in [1.54, 1.807) is 12.1 Å². The monoisotopic (exact) mass is 342 g/mol. The average Bonchev–Trinajstić information content (AvgIpc) is 2.56. The second-order valence-electron chi connectivity index (χ2n) is 5.10. The van der Waals surface area contributed by atoms with Gasteiger partial charge in [0.2, 0.25) is 0 Å². The zero-order chi connectivity index (χ0) is 18.4. The van der Waals surface area contributed by atoms with Gasteiger partial charge in [0.15, 0.2) is 11.8 Å². The van der Waals surface area contributed by atoms with Crippen molar-refractivity contribution in [3.05, 3.63) is 71.8 Å². The molecule has 0 saturated carbocycles. The van der Waals surface area contributed by atoms with E-state index in [0.29, 0.717) is 0 Å². The molecule has 0 amide bonds. The highest BCUT2D eigenvalue weighted by atomic mass is 16.6. The molecular formula is C18H14O7. The van der Waals surface area contributed by atoms with Crippen LogP contribution in [0.4, 0.5) is 0 Å². The van der Waals surface area contributed by atoms with Crippen LogP contribution in [-0.2, 0) is 23.9 Å². The lowest BCUT2D eigenvalue weighted by Crippen LogP contribution is -2.31. The lowest BCUT2D eigenvalue weighted by Gasteiger charge is -2.14. The van der Waals surface area contributed by atoms with Gasteiger partial charge in [-0.2, -0.15) is 0 Å². The molecule has 128 valence electrons. The summed E-state index contributed by atoms with van der Waals surface area (Å²) in [6, 6.07) is 15.0. The number of carboxylic acid groups (broad SMARTS) is 2. The molecule has 2 unspecified atom stereocenters. The summed E-state index contributed by atoms with van der Waals surface area (Å²) in [5.74, 6) is -9.14. The third-order valence-electron chi connectivity index (χ3n) is 3.43. The van der Waals surface area contributed by atoms with Crippen molar-refractivity contribution in [2.45, 2.75) is 11.8 Å². The number of aliphatic carboxylic acids is 2. The van der Waals surface area contributed by atoms with Crippen LogP contribution in [0.2, 0.25) is 0 Å². The molecule has 0 heterocycles. The van der Waals surface area contributed by atoms with Gasteiger partial charge in [-0.3, -0.25) is 19.2 Å². The van der Waals surface area contributed by atoms with Gasteiger partial charge in [-0.1, -0.05) is 60.7 Å². The van der Waals surface area contributed by atoms with Gasteiger partial charge in [-0.05, 0) is 11.1 Å². The van der Waals surface area contributed by atoms with Crippen LogP contribution >= 0.6 is 0 Å². The summed E-state index contributed by atoms with van der Waals surface area (Å²) < 4.78 is 4.57. The Morgan fingerprint density at radius 3 is 1.24 bits per heavy atom. The molecule has 7 heteroatoms. The van der Waals surface area contributed by atoms with E-state index in [1.165, 1.54) is 48.5 Å². The molecule has 0 aliphatic rings. The van der Waals surface area contributed by atoms with Crippen molar-refractivity contribution < 1.29 is 34.1 Å². The van der Waals surface area contributed by atoms with Crippen molar-refractivity contribution in [2.75, 3.05) is 0 Å². The highest BCUT2D eigenvalue weighted by Crippen LogP contribution is 2.22. The fraction of sp³-hybridized carbons (Fsp3) is 0.111. The van der Waals surface area contributed by atoms with Crippen LogP contribution in [0.25, 0.3) is 0 Å². The molecule has 2 N–H and O–H groups in total. The van der Waals surface area contributed by atoms with E-state index in [0.717, 1.165) is 0 Å². The molecule has 0 radical (unpaired) electrons. The standard InChI is InChI=1S/C18H14O7/c19-15(20)13(11-7-3-1-4-8-11)17(23)25-18(24)14(16(21)22)12-9-5-2-6-10-12/h1-10,13-14H,(H,19,20)(H,21,22). The first-order valence-electron chi connectivity index (χ1n) is 7.23. The fourth-order valence-corrected chi connectivity index (χ4v) is 2.27. The Morgan fingerprint density at radius 1 is 0.640 bits per heavy atom. The third kappa shape index (κ3) is 4.29. The average molecular weight is 342 g/mol. The lowest BCUT2D eigenvalue weighted by molar-refractivity contribution is -0.166. The Labute approximate surface area is 142 Å². The van der Waals surface area contributed by atoms with Crippen LogP contribution < -0.4 is 0 Å². The molecule has 2 rings (SSSR count). The maximum Gasteiger partial charge on any atom is 0.332 e. The summed E-state index contributed by atoms with van der Waals surface area (Å²) in [4.78, 5) is 47.0. The smallest absolute Gasteiger partial charge is 0.332 e. The van der Waals surface area contributed by atoms with Crippen molar-refractivity contribution in [2.24, 2.45) is 0 Å². The van der Waals surface area contributed by atoms with Crippen LogP contribution in [0.15, 0.2) is 60.7 Å². The van der Waals surface area contributed by atoms with Gasteiger partial charge >= 0.3 is 23.9 Å². The van der Waals surface area contributed by atoms with Gasteiger partial charge in [0.25, 0.3) is 0 Å². The normalized spacial score (nSPS) is 12.6. The predicted molar refractivity (Wildman–Crippen MR) is 84.7 cm³/mol. The van der Waals surface area contributed by atoms with Gasteiger partial charge in [0.05, 0.1) is 0 Å². The summed E-state index contributed by atoms with van der Waals surface area (Å²) in [6.45, 7) is 0. The number of benzene rings is 2. The Morgan fingerprint density at radius 2 is 0.960 bits per heavy atom. The molecule has 0 aliphatic heterocycles. The van der Waals surface area contributed by atoms with E-state index >= 15 is 0 Å². The van der Waals surface area contributed by atoms with Crippen molar-refractivity contribution >= 4 is 23.9 Å². The zero-order valence-electron chi connectivity index (χ0n) is 12.9. The lowest BCUT2D eigenvalue weighted by atomic mass is 9.98. The van der Waals surface area contributed by atoms with Crippen LogP contribution in [0.1, 0.15) is 23.0 Å². The summed E-state index contributed by atoms with van der Waals surface area (Å²) in [5.41, 5.74) is 0.249. The van der Waals surface area contributed by atoms with Gasteiger partial charge < -0.3 is 14.9 Å². The molecule has 2 atom stereocenters. The van der Waals surface area contributed by atoms with Gasteiger partial charge in [-0.25, -0.2) is 0 Å². The molecule has 0 fully saturated rings. The Bertz CT molecular complexity index is 716. The SMILES string of the molecule is O=C(O)C(C(=O)OC(=O)C(C(=O)O)c1ccccc1)c1ccccc1. The first-order chi connectivity index (χ1) is 11.9. The minimum absolute atomic E-state index is 0.124. The highest BCUT2D eigenvalue weighted by Gasteiger charge is 2.36. The first-order valence-corrected chi connectivity index (χ1v) is 7.23. The second-order valence-corrected chi connectivity index (χ2v) is 5.10. The fourth-order valence-electron chi connectivity index (χ4n) is 2.27. The number of carboxylic acids is 2. The molecule has 0 aliphatic carbocycles. The maximum absolute atomic E-state index is 12.1. The van der Waals surface area contributed by atoms with Crippen LogP contribution in [0.3, 0.4) is 0 Å². The number of hydrogen-bond acceptors (Lipinski definition) is 5. The largest absolute Gasteiger partial charge is 0.480 e.